The average molecular weight is 262 g/mol. The molecule has 2 N–H and O–H groups in total. The Balaban J connectivity index is 2.81. The van der Waals surface area contributed by atoms with E-state index in [9.17, 15) is 0 Å². The first kappa shape index (κ1) is 12.4. The Morgan fingerprint density at radius 1 is 1.33 bits per heavy atom. The molecule has 0 saturated carbocycles. The Labute approximate surface area is 102 Å². The third kappa shape index (κ3) is 4.55. The fourth-order valence-corrected chi connectivity index (χ4v) is 1.51. The van der Waals surface area contributed by atoms with Crippen molar-refractivity contribution in [2.24, 2.45) is 15.9 Å². The number of benzene rings is 1. The largest absolute Gasteiger partial charge is 0.377 e. The second-order valence-corrected chi connectivity index (χ2v) is 4.29. The summed E-state index contributed by atoms with van der Waals surface area (Å²) in [6, 6.07) is 5.13. The number of nitrogens with zero attached hydrogens (tertiary/aromatic N) is 2. The molecule has 0 amide bonds. The third-order valence-corrected chi connectivity index (χ3v) is 2.39. The Kier molecular flexibility index (Phi) is 4.94. The molecular weight excluding hydrogens is 253 g/mol. The molecule has 0 bridgehead atoms. The van der Waals surface area contributed by atoms with Gasteiger partial charge < -0.3 is 5.73 Å². The van der Waals surface area contributed by atoms with Gasteiger partial charge in [-0.05, 0) is 30.0 Å². The maximum atomic E-state index is 5.81. The molecule has 0 spiro atoms. The summed E-state index contributed by atoms with van der Waals surface area (Å²) in [5, 5.41) is 9.06. The summed E-state index contributed by atoms with van der Waals surface area (Å²) in [6.45, 7) is 0. The van der Waals surface area contributed by atoms with Gasteiger partial charge in [-0.3, -0.25) is 0 Å². The summed E-state index contributed by atoms with van der Waals surface area (Å²) in [5.41, 5.74) is 6.23. The van der Waals surface area contributed by atoms with Crippen LogP contribution in [0.3, 0.4) is 0 Å². The molecule has 1 aromatic carbocycles. The van der Waals surface area contributed by atoms with Crippen LogP contribution in [-0.2, 0) is 0 Å². The van der Waals surface area contributed by atoms with Gasteiger partial charge in [0, 0.05) is 10.0 Å². The molecule has 0 unspecified atom stereocenters. The van der Waals surface area contributed by atoms with Crippen molar-refractivity contribution < 1.29 is 0 Å². The van der Waals surface area contributed by atoms with Crippen molar-refractivity contribution in [1.29, 1.82) is 0 Å². The molecule has 0 fully saturated rings. The SMILES string of the molecule is CS/C(N)=N\N=C\c1cc(Cl)cc(Cl)c1. The van der Waals surface area contributed by atoms with Crippen molar-refractivity contribution in [3.63, 3.8) is 0 Å². The van der Waals surface area contributed by atoms with Gasteiger partial charge in [-0.25, -0.2) is 0 Å². The van der Waals surface area contributed by atoms with Crippen LogP contribution >= 0.6 is 35.0 Å². The number of nitrogens with two attached hydrogens (primary N) is 1. The van der Waals surface area contributed by atoms with Crippen LogP contribution in [0.2, 0.25) is 10.0 Å². The zero-order valence-corrected chi connectivity index (χ0v) is 10.3. The van der Waals surface area contributed by atoms with E-state index in [1.807, 2.05) is 6.26 Å². The lowest BCUT2D eigenvalue weighted by molar-refractivity contribution is 1.25. The molecule has 3 nitrogen and oxygen atoms in total. The quantitative estimate of drug-likeness (QED) is 0.506. The standard InChI is InChI=1S/C9H9Cl2N3S/c1-15-9(12)14-13-5-6-2-7(10)4-8(11)3-6/h2-5H,1H3,(H2,12,14)/b13-5+. The maximum Gasteiger partial charge on any atom is 0.180 e. The van der Waals surface area contributed by atoms with Gasteiger partial charge in [0.1, 0.15) is 0 Å². The van der Waals surface area contributed by atoms with Crippen molar-refractivity contribution >= 4 is 46.3 Å². The molecular formula is C9H9Cl2N3S. The van der Waals surface area contributed by atoms with Crippen LogP contribution in [-0.4, -0.2) is 17.6 Å². The van der Waals surface area contributed by atoms with Crippen LogP contribution in [0.25, 0.3) is 0 Å². The van der Waals surface area contributed by atoms with Crippen molar-refractivity contribution in [3.05, 3.63) is 33.8 Å². The van der Waals surface area contributed by atoms with Gasteiger partial charge in [0.15, 0.2) is 5.17 Å². The Bertz CT molecular complexity index is 384. The topological polar surface area (TPSA) is 50.7 Å². The number of amidine groups is 1. The lowest BCUT2D eigenvalue weighted by Crippen LogP contribution is -2.03. The van der Waals surface area contributed by atoms with E-state index in [4.69, 9.17) is 28.9 Å². The summed E-state index contributed by atoms with van der Waals surface area (Å²) < 4.78 is 0. The highest BCUT2D eigenvalue weighted by atomic mass is 35.5. The van der Waals surface area contributed by atoms with Gasteiger partial charge in [0.05, 0.1) is 6.21 Å². The van der Waals surface area contributed by atoms with E-state index in [1.54, 1.807) is 24.4 Å². The van der Waals surface area contributed by atoms with E-state index >= 15 is 0 Å². The molecule has 0 saturated heterocycles. The zero-order valence-electron chi connectivity index (χ0n) is 7.95. The highest BCUT2D eigenvalue weighted by molar-refractivity contribution is 8.13. The minimum absolute atomic E-state index is 0.402. The minimum Gasteiger partial charge on any atom is -0.377 e. The van der Waals surface area contributed by atoms with Gasteiger partial charge in [-0.2, -0.15) is 5.10 Å². The molecule has 0 heterocycles. The highest BCUT2D eigenvalue weighted by Gasteiger charge is 1.95. The number of halogens is 2. The highest BCUT2D eigenvalue weighted by Crippen LogP contribution is 2.17. The van der Waals surface area contributed by atoms with Gasteiger partial charge in [0.25, 0.3) is 0 Å². The molecule has 6 heteroatoms. The average Bonchev–Trinajstić information content (AvgIpc) is 2.16. The lowest BCUT2D eigenvalue weighted by Gasteiger charge is -1.95. The van der Waals surface area contributed by atoms with Gasteiger partial charge >= 0.3 is 0 Å². The second-order valence-electron chi connectivity index (χ2n) is 2.59. The van der Waals surface area contributed by atoms with E-state index < -0.39 is 0 Å². The molecule has 0 atom stereocenters. The first-order valence-corrected chi connectivity index (χ1v) is 5.96. The van der Waals surface area contributed by atoms with E-state index in [-0.39, 0.29) is 0 Å². The fraction of sp³-hybridized carbons (Fsp3) is 0.111. The number of rotatable bonds is 2. The zero-order chi connectivity index (χ0) is 11.3. The summed E-state index contributed by atoms with van der Waals surface area (Å²) in [5.74, 6) is 0. The van der Waals surface area contributed by atoms with Gasteiger partial charge in [-0.1, -0.05) is 35.0 Å². The molecule has 0 aliphatic heterocycles. The summed E-state index contributed by atoms with van der Waals surface area (Å²) >= 11 is 12.9. The Morgan fingerprint density at radius 2 is 1.93 bits per heavy atom. The predicted molar refractivity (Wildman–Crippen MR) is 69.2 cm³/mol. The molecule has 0 aliphatic carbocycles. The molecule has 0 radical (unpaired) electrons. The first-order valence-electron chi connectivity index (χ1n) is 3.98. The monoisotopic (exact) mass is 261 g/mol. The lowest BCUT2D eigenvalue weighted by atomic mass is 10.2. The Hall–Kier alpha value is -0.710. The number of hydrogen-bond acceptors (Lipinski definition) is 3. The van der Waals surface area contributed by atoms with Gasteiger partial charge in [-0.15, -0.1) is 5.10 Å². The molecule has 1 rings (SSSR count). The summed E-state index contributed by atoms with van der Waals surface area (Å²) in [6.07, 6.45) is 3.37. The third-order valence-electron chi connectivity index (χ3n) is 1.46. The molecule has 80 valence electrons. The smallest absolute Gasteiger partial charge is 0.180 e. The van der Waals surface area contributed by atoms with Crippen molar-refractivity contribution in [2.75, 3.05) is 6.26 Å². The van der Waals surface area contributed by atoms with Crippen molar-refractivity contribution in [2.45, 2.75) is 0 Å². The summed E-state index contributed by atoms with van der Waals surface area (Å²) in [7, 11) is 0. The summed E-state index contributed by atoms with van der Waals surface area (Å²) in [4.78, 5) is 0. The van der Waals surface area contributed by atoms with E-state index in [1.165, 1.54) is 11.8 Å². The van der Waals surface area contributed by atoms with Crippen LogP contribution in [0, 0.1) is 0 Å². The van der Waals surface area contributed by atoms with Crippen molar-refractivity contribution in [3.8, 4) is 0 Å². The normalized spacial score (nSPS) is 12.3. The van der Waals surface area contributed by atoms with Crippen LogP contribution in [0.15, 0.2) is 28.4 Å². The van der Waals surface area contributed by atoms with Crippen molar-refractivity contribution in [1.82, 2.24) is 0 Å². The molecule has 15 heavy (non-hydrogen) atoms. The number of hydrogen-bond donors (Lipinski definition) is 1. The molecule has 0 aromatic heterocycles. The van der Waals surface area contributed by atoms with E-state index in [0.29, 0.717) is 15.2 Å². The van der Waals surface area contributed by atoms with Crippen LogP contribution < -0.4 is 5.73 Å². The fourth-order valence-electron chi connectivity index (χ4n) is 0.843. The Morgan fingerprint density at radius 3 is 2.47 bits per heavy atom. The van der Waals surface area contributed by atoms with Gasteiger partial charge in [0.2, 0.25) is 0 Å². The van der Waals surface area contributed by atoms with E-state index in [2.05, 4.69) is 10.2 Å². The molecule has 0 aliphatic rings. The van der Waals surface area contributed by atoms with Crippen LogP contribution in [0.1, 0.15) is 5.56 Å². The van der Waals surface area contributed by atoms with Crippen LogP contribution in [0.5, 0.6) is 0 Å². The maximum absolute atomic E-state index is 5.81. The van der Waals surface area contributed by atoms with E-state index in [0.717, 1.165) is 5.56 Å². The molecule has 1 aromatic rings. The predicted octanol–water partition coefficient (Wildman–Crippen LogP) is 3.01. The minimum atomic E-state index is 0.402. The number of thioether (sulfide) groups is 1. The first-order chi connectivity index (χ1) is 7.11. The second kappa shape index (κ2) is 6.00. The van der Waals surface area contributed by atoms with Crippen LogP contribution in [0.4, 0.5) is 0 Å².